The Bertz CT molecular complexity index is 302. The highest BCUT2D eigenvalue weighted by Gasteiger charge is 2.09. The molecular formula is C12H16F. The van der Waals surface area contributed by atoms with Gasteiger partial charge in [0.25, 0.3) is 0 Å². The van der Waals surface area contributed by atoms with Gasteiger partial charge in [0.1, 0.15) is 0 Å². The molecule has 13 heavy (non-hydrogen) atoms. The van der Waals surface area contributed by atoms with Crippen molar-refractivity contribution in [2.45, 2.75) is 27.7 Å². The Kier molecular flexibility index (Phi) is 3.07. The van der Waals surface area contributed by atoms with E-state index in [9.17, 15) is 4.39 Å². The number of aryl methyl sites for hydroxylation is 3. The third-order valence-corrected chi connectivity index (χ3v) is 2.50. The van der Waals surface area contributed by atoms with Crippen molar-refractivity contribution in [1.29, 1.82) is 0 Å². The van der Waals surface area contributed by atoms with Crippen molar-refractivity contribution < 1.29 is 4.39 Å². The standard InChI is InChI=1S/C12H16F/c1-8-5-10(3)12(6-9(8)2)11(4)7-13/h5-6H,7H2,1-4H3. The van der Waals surface area contributed by atoms with E-state index in [-0.39, 0.29) is 6.67 Å². The summed E-state index contributed by atoms with van der Waals surface area (Å²) >= 11 is 0. The monoisotopic (exact) mass is 179 g/mol. The molecule has 1 rings (SSSR count). The zero-order valence-electron chi connectivity index (χ0n) is 8.74. The van der Waals surface area contributed by atoms with Crippen LogP contribution in [0.1, 0.15) is 29.2 Å². The minimum absolute atomic E-state index is 0.358. The van der Waals surface area contributed by atoms with Gasteiger partial charge < -0.3 is 0 Å². The Morgan fingerprint density at radius 3 is 2.15 bits per heavy atom. The first kappa shape index (κ1) is 10.2. The van der Waals surface area contributed by atoms with E-state index < -0.39 is 0 Å². The summed E-state index contributed by atoms with van der Waals surface area (Å²) in [6, 6.07) is 4.18. The Morgan fingerprint density at radius 2 is 1.62 bits per heavy atom. The number of alkyl halides is 1. The van der Waals surface area contributed by atoms with Gasteiger partial charge in [0.2, 0.25) is 0 Å². The first-order valence-electron chi connectivity index (χ1n) is 4.53. The predicted octanol–water partition coefficient (Wildman–Crippen LogP) is 3.52. The number of hydrogen-bond acceptors (Lipinski definition) is 0. The van der Waals surface area contributed by atoms with E-state index in [2.05, 4.69) is 26.0 Å². The van der Waals surface area contributed by atoms with Crippen molar-refractivity contribution in [2.24, 2.45) is 0 Å². The molecule has 0 aliphatic rings. The highest BCUT2D eigenvalue weighted by Crippen LogP contribution is 2.22. The van der Waals surface area contributed by atoms with Gasteiger partial charge in [-0.3, -0.25) is 4.39 Å². The molecule has 0 saturated heterocycles. The maximum absolute atomic E-state index is 12.4. The number of benzene rings is 1. The Morgan fingerprint density at radius 1 is 1.08 bits per heavy atom. The van der Waals surface area contributed by atoms with Crippen LogP contribution in [0.5, 0.6) is 0 Å². The number of halogens is 1. The average molecular weight is 179 g/mol. The van der Waals surface area contributed by atoms with Gasteiger partial charge in [0.05, 0.1) is 6.67 Å². The highest BCUT2D eigenvalue weighted by atomic mass is 19.1. The van der Waals surface area contributed by atoms with Crippen LogP contribution in [-0.2, 0) is 0 Å². The molecule has 0 heterocycles. The van der Waals surface area contributed by atoms with E-state index in [1.54, 1.807) is 0 Å². The maximum atomic E-state index is 12.4. The van der Waals surface area contributed by atoms with Crippen molar-refractivity contribution in [3.63, 3.8) is 0 Å². The van der Waals surface area contributed by atoms with Crippen LogP contribution >= 0.6 is 0 Å². The molecule has 0 atom stereocenters. The van der Waals surface area contributed by atoms with E-state index in [1.807, 2.05) is 13.8 Å². The molecule has 0 unspecified atom stereocenters. The summed E-state index contributed by atoms with van der Waals surface area (Å²) in [5.74, 6) is 0.820. The quantitative estimate of drug-likeness (QED) is 0.651. The van der Waals surface area contributed by atoms with E-state index in [1.165, 1.54) is 16.7 Å². The van der Waals surface area contributed by atoms with E-state index in [0.717, 1.165) is 11.5 Å². The average Bonchev–Trinajstić information content (AvgIpc) is 2.10. The lowest BCUT2D eigenvalue weighted by Gasteiger charge is -2.13. The summed E-state index contributed by atoms with van der Waals surface area (Å²) in [5.41, 5.74) is 4.73. The van der Waals surface area contributed by atoms with Gasteiger partial charge in [-0.25, -0.2) is 0 Å². The van der Waals surface area contributed by atoms with Crippen molar-refractivity contribution >= 4 is 0 Å². The van der Waals surface area contributed by atoms with Crippen molar-refractivity contribution in [1.82, 2.24) is 0 Å². The Labute approximate surface area is 79.8 Å². The SMILES string of the molecule is C[C](CF)c1cc(C)c(C)cc1C. The normalized spacial score (nSPS) is 10.9. The fourth-order valence-corrected chi connectivity index (χ4v) is 1.49. The van der Waals surface area contributed by atoms with Crippen LogP contribution < -0.4 is 0 Å². The summed E-state index contributed by atoms with van der Waals surface area (Å²) in [4.78, 5) is 0. The van der Waals surface area contributed by atoms with E-state index in [4.69, 9.17) is 0 Å². The molecule has 0 fully saturated rings. The molecule has 0 N–H and O–H groups in total. The fraction of sp³-hybridized carbons (Fsp3) is 0.417. The van der Waals surface area contributed by atoms with Gasteiger partial charge >= 0.3 is 0 Å². The van der Waals surface area contributed by atoms with Gasteiger partial charge in [0, 0.05) is 5.92 Å². The molecule has 0 aliphatic heterocycles. The number of rotatable bonds is 2. The van der Waals surface area contributed by atoms with Crippen molar-refractivity contribution in [3.8, 4) is 0 Å². The van der Waals surface area contributed by atoms with Crippen molar-refractivity contribution in [3.05, 3.63) is 40.3 Å². The molecule has 0 bridgehead atoms. The molecular weight excluding hydrogens is 163 g/mol. The smallest absolute Gasteiger partial charge is 0.0997 e. The molecule has 1 aromatic carbocycles. The summed E-state index contributed by atoms with van der Waals surface area (Å²) < 4.78 is 12.4. The second-order valence-electron chi connectivity index (χ2n) is 3.67. The Balaban J connectivity index is 3.15. The fourth-order valence-electron chi connectivity index (χ4n) is 1.49. The second kappa shape index (κ2) is 3.91. The maximum Gasteiger partial charge on any atom is 0.0997 e. The largest absolute Gasteiger partial charge is 0.250 e. The van der Waals surface area contributed by atoms with Crippen molar-refractivity contribution in [2.75, 3.05) is 6.67 Å². The van der Waals surface area contributed by atoms with E-state index >= 15 is 0 Å². The third kappa shape index (κ3) is 2.09. The molecule has 1 aromatic rings. The summed E-state index contributed by atoms with van der Waals surface area (Å²) in [7, 11) is 0. The topological polar surface area (TPSA) is 0 Å². The number of hydrogen-bond donors (Lipinski definition) is 0. The second-order valence-corrected chi connectivity index (χ2v) is 3.67. The zero-order chi connectivity index (χ0) is 10.0. The molecule has 0 aromatic heterocycles. The molecule has 0 spiro atoms. The summed E-state index contributed by atoms with van der Waals surface area (Å²) in [6.45, 7) is 7.65. The molecule has 0 amide bonds. The highest BCUT2D eigenvalue weighted by molar-refractivity contribution is 5.43. The molecule has 0 nitrogen and oxygen atoms in total. The lowest BCUT2D eigenvalue weighted by Crippen LogP contribution is -2.01. The van der Waals surface area contributed by atoms with Crippen LogP contribution in [0.4, 0.5) is 4.39 Å². The van der Waals surface area contributed by atoms with Gasteiger partial charge in [0.15, 0.2) is 0 Å². The first-order valence-corrected chi connectivity index (χ1v) is 4.53. The minimum atomic E-state index is -0.358. The lowest BCUT2D eigenvalue weighted by molar-refractivity contribution is 0.515. The van der Waals surface area contributed by atoms with Crippen LogP contribution in [0.2, 0.25) is 0 Å². The minimum Gasteiger partial charge on any atom is -0.250 e. The zero-order valence-corrected chi connectivity index (χ0v) is 8.74. The van der Waals surface area contributed by atoms with Gasteiger partial charge in [-0.1, -0.05) is 19.1 Å². The molecule has 0 saturated carbocycles. The van der Waals surface area contributed by atoms with Crippen LogP contribution in [0.15, 0.2) is 12.1 Å². The lowest BCUT2D eigenvalue weighted by atomic mass is 9.93. The molecule has 0 aliphatic carbocycles. The summed E-state index contributed by atoms with van der Waals surface area (Å²) in [6.07, 6.45) is 0. The van der Waals surface area contributed by atoms with Crippen LogP contribution in [-0.4, -0.2) is 6.67 Å². The van der Waals surface area contributed by atoms with E-state index in [0.29, 0.717) is 0 Å². The summed E-state index contributed by atoms with van der Waals surface area (Å²) in [5, 5.41) is 0. The third-order valence-electron chi connectivity index (χ3n) is 2.50. The van der Waals surface area contributed by atoms with Gasteiger partial charge in [-0.2, -0.15) is 0 Å². The van der Waals surface area contributed by atoms with Gasteiger partial charge in [-0.05, 0) is 43.0 Å². The van der Waals surface area contributed by atoms with Crippen LogP contribution in [0.3, 0.4) is 0 Å². The van der Waals surface area contributed by atoms with Crippen LogP contribution in [0, 0.1) is 26.7 Å². The van der Waals surface area contributed by atoms with Gasteiger partial charge in [-0.15, -0.1) is 0 Å². The molecule has 1 heteroatoms. The molecule has 71 valence electrons. The predicted molar refractivity (Wildman–Crippen MR) is 54.6 cm³/mol. The molecule has 1 radical (unpaired) electrons. The Hall–Kier alpha value is -0.850. The van der Waals surface area contributed by atoms with Crippen LogP contribution in [0.25, 0.3) is 0 Å². The first-order chi connectivity index (χ1) is 6.06.